The quantitative estimate of drug-likeness (QED) is 0.729. The molecule has 0 saturated heterocycles. The van der Waals surface area contributed by atoms with E-state index in [-0.39, 0.29) is 5.56 Å². The first-order chi connectivity index (χ1) is 9.47. The van der Waals surface area contributed by atoms with Gasteiger partial charge in [0, 0.05) is 10.0 Å². The van der Waals surface area contributed by atoms with E-state index in [4.69, 9.17) is 9.47 Å². The molecular weight excluding hydrogens is 439 g/mol. The molecule has 1 aromatic carbocycles. The van der Waals surface area contributed by atoms with Crippen molar-refractivity contribution in [3.05, 3.63) is 36.2 Å². The number of methoxy groups -OCH3 is 2. The molecule has 2 rings (SSSR count). The zero-order valence-electron chi connectivity index (χ0n) is 11.1. The predicted octanol–water partition coefficient (Wildman–Crippen LogP) is 3.13. The molecule has 1 N–H and O–H groups in total. The van der Waals surface area contributed by atoms with Crippen molar-refractivity contribution in [1.29, 1.82) is 0 Å². The number of aromatic nitrogens is 2. The van der Waals surface area contributed by atoms with E-state index in [0.717, 1.165) is 10.0 Å². The van der Waals surface area contributed by atoms with Crippen molar-refractivity contribution in [1.82, 2.24) is 9.97 Å². The lowest BCUT2D eigenvalue weighted by Gasteiger charge is -2.12. The zero-order chi connectivity index (χ0) is 14.9. The standard InChI is InChI=1S/C13H12BrIN2O3/c1-6-11(15)13(18)17-12(16-6)7-4-9(19-2)10(20-3)5-8(7)14/h4-5H,1-3H3,(H,16,17,18). The number of aromatic amines is 1. The number of aryl methyl sites for hydroxylation is 1. The maximum atomic E-state index is 11.8. The normalized spacial score (nSPS) is 10.4. The fourth-order valence-corrected chi connectivity index (χ4v) is 2.50. The highest BCUT2D eigenvalue weighted by Gasteiger charge is 2.14. The van der Waals surface area contributed by atoms with E-state index < -0.39 is 0 Å². The molecule has 0 radical (unpaired) electrons. The van der Waals surface area contributed by atoms with Gasteiger partial charge in [0.2, 0.25) is 0 Å². The lowest BCUT2D eigenvalue weighted by Crippen LogP contribution is -2.14. The van der Waals surface area contributed by atoms with E-state index >= 15 is 0 Å². The van der Waals surface area contributed by atoms with Gasteiger partial charge in [0.25, 0.3) is 5.56 Å². The van der Waals surface area contributed by atoms with Gasteiger partial charge in [-0.05, 0) is 57.6 Å². The number of hydrogen-bond donors (Lipinski definition) is 1. The van der Waals surface area contributed by atoms with Crippen molar-refractivity contribution in [2.45, 2.75) is 6.92 Å². The van der Waals surface area contributed by atoms with Crippen molar-refractivity contribution < 1.29 is 9.47 Å². The van der Waals surface area contributed by atoms with E-state index in [0.29, 0.717) is 26.6 Å². The molecular formula is C13H12BrIN2O3. The summed E-state index contributed by atoms with van der Waals surface area (Å²) in [4.78, 5) is 19.0. The van der Waals surface area contributed by atoms with Crippen LogP contribution in [-0.2, 0) is 0 Å². The monoisotopic (exact) mass is 450 g/mol. The van der Waals surface area contributed by atoms with Gasteiger partial charge in [-0.15, -0.1) is 0 Å². The molecule has 0 amide bonds. The van der Waals surface area contributed by atoms with Gasteiger partial charge in [-0.25, -0.2) is 4.98 Å². The molecule has 2 aromatic rings. The Morgan fingerprint density at radius 3 is 2.40 bits per heavy atom. The molecule has 0 saturated carbocycles. The van der Waals surface area contributed by atoms with Crippen molar-refractivity contribution in [2.24, 2.45) is 0 Å². The van der Waals surface area contributed by atoms with Crippen LogP contribution < -0.4 is 15.0 Å². The van der Waals surface area contributed by atoms with Crippen LogP contribution in [0.4, 0.5) is 0 Å². The molecule has 20 heavy (non-hydrogen) atoms. The largest absolute Gasteiger partial charge is 0.493 e. The number of rotatable bonds is 3. The summed E-state index contributed by atoms with van der Waals surface area (Å²) in [5, 5.41) is 0. The maximum Gasteiger partial charge on any atom is 0.264 e. The Kier molecular flexibility index (Phi) is 4.69. The van der Waals surface area contributed by atoms with Crippen LogP contribution in [0.15, 0.2) is 21.4 Å². The molecule has 106 valence electrons. The molecule has 0 aliphatic heterocycles. The van der Waals surface area contributed by atoms with Gasteiger partial charge in [-0.2, -0.15) is 0 Å². The predicted molar refractivity (Wildman–Crippen MR) is 88.6 cm³/mol. The van der Waals surface area contributed by atoms with Gasteiger partial charge in [0.05, 0.1) is 23.5 Å². The molecule has 1 heterocycles. The first-order valence-corrected chi connectivity index (χ1v) is 7.53. The van der Waals surface area contributed by atoms with Crippen molar-refractivity contribution in [2.75, 3.05) is 14.2 Å². The molecule has 5 nitrogen and oxygen atoms in total. The minimum absolute atomic E-state index is 0.158. The second kappa shape index (κ2) is 6.13. The van der Waals surface area contributed by atoms with Crippen LogP contribution in [0, 0.1) is 10.5 Å². The average molecular weight is 451 g/mol. The third-order valence-electron chi connectivity index (χ3n) is 2.76. The second-order valence-electron chi connectivity index (χ2n) is 4.00. The zero-order valence-corrected chi connectivity index (χ0v) is 14.8. The van der Waals surface area contributed by atoms with Crippen LogP contribution in [0.2, 0.25) is 0 Å². The molecule has 7 heteroatoms. The summed E-state index contributed by atoms with van der Waals surface area (Å²) in [5.41, 5.74) is 1.26. The minimum atomic E-state index is -0.158. The Bertz CT molecular complexity index is 715. The summed E-state index contributed by atoms with van der Waals surface area (Å²) in [6.45, 7) is 1.80. The Morgan fingerprint density at radius 1 is 1.25 bits per heavy atom. The molecule has 0 fully saturated rings. The summed E-state index contributed by atoms with van der Waals surface area (Å²) in [6.07, 6.45) is 0. The molecule has 0 atom stereocenters. The number of nitrogens with zero attached hydrogens (tertiary/aromatic N) is 1. The molecule has 1 aromatic heterocycles. The Labute approximate surface area is 138 Å². The van der Waals surface area contributed by atoms with Crippen LogP contribution in [0.5, 0.6) is 11.5 Å². The van der Waals surface area contributed by atoms with Crippen LogP contribution in [0.1, 0.15) is 5.69 Å². The van der Waals surface area contributed by atoms with Gasteiger partial charge < -0.3 is 14.5 Å². The number of halogens is 2. The highest BCUT2D eigenvalue weighted by molar-refractivity contribution is 14.1. The van der Waals surface area contributed by atoms with Crippen LogP contribution in [0.3, 0.4) is 0 Å². The minimum Gasteiger partial charge on any atom is -0.493 e. The summed E-state index contributed by atoms with van der Waals surface area (Å²) < 4.78 is 11.8. The van der Waals surface area contributed by atoms with Crippen molar-refractivity contribution in [3.63, 3.8) is 0 Å². The van der Waals surface area contributed by atoms with Crippen LogP contribution in [0.25, 0.3) is 11.4 Å². The Morgan fingerprint density at radius 2 is 1.85 bits per heavy atom. The van der Waals surface area contributed by atoms with Gasteiger partial charge in [-0.3, -0.25) is 4.79 Å². The first kappa shape index (κ1) is 15.3. The van der Waals surface area contributed by atoms with Gasteiger partial charge >= 0.3 is 0 Å². The van der Waals surface area contributed by atoms with E-state index in [1.54, 1.807) is 33.3 Å². The van der Waals surface area contributed by atoms with Crippen molar-refractivity contribution in [3.8, 4) is 22.9 Å². The van der Waals surface area contributed by atoms with Crippen molar-refractivity contribution >= 4 is 38.5 Å². The van der Waals surface area contributed by atoms with E-state index in [9.17, 15) is 4.79 Å². The summed E-state index contributed by atoms with van der Waals surface area (Å²) in [6, 6.07) is 3.55. The van der Waals surface area contributed by atoms with Crippen LogP contribution in [-0.4, -0.2) is 24.2 Å². The Hall–Kier alpha value is -1.09. The third kappa shape index (κ3) is 2.83. The summed E-state index contributed by atoms with van der Waals surface area (Å²) >= 11 is 5.43. The third-order valence-corrected chi connectivity index (χ3v) is 4.68. The molecule has 0 unspecified atom stereocenters. The average Bonchev–Trinajstić information content (AvgIpc) is 2.43. The van der Waals surface area contributed by atoms with Crippen LogP contribution >= 0.6 is 38.5 Å². The van der Waals surface area contributed by atoms with Gasteiger partial charge in [0.15, 0.2) is 11.5 Å². The van der Waals surface area contributed by atoms with E-state index in [1.807, 2.05) is 22.6 Å². The maximum absolute atomic E-state index is 11.8. The summed E-state index contributed by atoms with van der Waals surface area (Å²) in [5.74, 6) is 1.66. The van der Waals surface area contributed by atoms with E-state index in [1.165, 1.54) is 0 Å². The van der Waals surface area contributed by atoms with Gasteiger partial charge in [0.1, 0.15) is 5.82 Å². The fraction of sp³-hybridized carbons (Fsp3) is 0.231. The van der Waals surface area contributed by atoms with E-state index in [2.05, 4.69) is 25.9 Å². The lowest BCUT2D eigenvalue weighted by atomic mass is 10.2. The highest BCUT2D eigenvalue weighted by Crippen LogP contribution is 2.37. The fourth-order valence-electron chi connectivity index (χ4n) is 1.73. The highest BCUT2D eigenvalue weighted by atomic mass is 127. The number of benzene rings is 1. The number of hydrogen-bond acceptors (Lipinski definition) is 4. The number of nitrogens with one attached hydrogen (secondary N) is 1. The topological polar surface area (TPSA) is 64.2 Å². The summed E-state index contributed by atoms with van der Waals surface area (Å²) in [7, 11) is 3.13. The smallest absolute Gasteiger partial charge is 0.264 e. The first-order valence-electron chi connectivity index (χ1n) is 5.66. The lowest BCUT2D eigenvalue weighted by molar-refractivity contribution is 0.355. The van der Waals surface area contributed by atoms with Gasteiger partial charge in [-0.1, -0.05) is 0 Å². The number of ether oxygens (including phenoxy) is 2. The number of H-pyrrole nitrogens is 1. The Balaban J connectivity index is 2.67. The molecule has 0 aliphatic carbocycles. The molecule has 0 spiro atoms. The second-order valence-corrected chi connectivity index (χ2v) is 5.93. The molecule has 0 bridgehead atoms. The molecule has 0 aliphatic rings. The SMILES string of the molecule is COc1cc(Br)c(-c2nc(C)c(I)c(=O)[nH]2)cc1OC.